The standard InChI is InChI=1S/C22H30N4O3S/c1-19-8-6-7-11-21(19)26(30(2,28)29)18-22(27)23-12-13-24-14-16-25(17-15-24)20-9-4-3-5-10-20/h3-11H,12-18H2,1-2H3,(H,23,27). The Morgan fingerprint density at radius 2 is 1.63 bits per heavy atom. The van der Waals surface area contributed by atoms with Crippen molar-refractivity contribution in [3.8, 4) is 0 Å². The number of carbonyl (C=O) groups is 1. The van der Waals surface area contributed by atoms with E-state index >= 15 is 0 Å². The van der Waals surface area contributed by atoms with E-state index in [1.54, 1.807) is 12.1 Å². The number of nitrogens with one attached hydrogen (secondary N) is 1. The zero-order valence-corrected chi connectivity index (χ0v) is 18.4. The number of nitrogens with zero attached hydrogens (tertiary/aromatic N) is 3. The van der Waals surface area contributed by atoms with Gasteiger partial charge in [-0.3, -0.25) is 14.0 Å². The molecule has 8 heteroatoms. The highest BCUT2D eigenvalue weighted by Gasteiger charge is 2.22. The molecule has 1 N–H and O–H groups in total. The first-order valence-corrected chi connectivity index (χ1v) is 12.0. The molecule has 0 bridgehead atoms. The summed E-state index contributed by atoms with van der Waals surface area (Å²) < 4.78 is 25.6. The van der Waals surface area contributed by atoms with Crippen LogP contribution >= 0.6 is 0 Å². The minimum atomic E-state index is -3.56. The number of carbonyl (C=O) groups excluding carboxylic acids is 1. The second-order valence-electron chi connectivity index (χ2n) is 7.57. The molecule has 30 heavy (non-hydrogen) atoms. The molecule has 7 nitrogen and oxygen atoms in total. The van der Waals surface area contributed by atoms with E-state index in [0.29, 0.717) is 12.2 Å². The molecular formula is C22H30N4O3S. The van der Waals surface area contributed by atoms with Crippen molar-refractivity contribution in [3.05, 3.63) is 60.2 Å². The second-order valence-corrected chi connectivity index (χ2v) is 9.48. The second kappa shape index (κ2) is 9.95. The average molecular weight is 431 g/mol. The van der Waals surface area contributed by atoms with Crippen molar-refractivity contribution in [2.75, 3.05) is 61.3 Å². The normalized spacial score (nSPS) is 15.1. The van der Waals surface area contributed by atoms with Gasteiger partial charge in [-0.25, -0.2) is 8.42 Å². The molecule has 0 atom stereocenters. The molecule has 0 saturated carbocycles. The van der Waals surface area contributed by atoms with Gasteiger partial charge in [0.2, 0.25) is 15.9 Å². The predicted octanol–water partition coefficient (Wildman–Crippen LogP) is 1.70. The molecule has 1 amide bonds. The molecule has 1 heterocycles. The topological polar surface area (TPSA) is 73.0 Å². The number of benzene rings is 2. The van der Waals surface area contributed by atoms with E-state index in [9.17, 15) is 13.2 Å². The fourth-order valence-corrected chi connectivity index (χ4v) is 4.55. The molecule has 2 aromatic carbocycles. The highest BCUT2D eigenvalue weighted by Crippen LogP contribution is 2.21. The van der Waals surface area contributed by atoms with Crippen LogP contribution in [-0.2, 0) is 14.8 Å². The van der Waals surface area contributed by atoms with Crippen LogP contribution in [0.3, 0.4) is 0 Å². The quantitative estimate of drug-likeness (QED) is 0.690. The van der Waals surface area contributed by atoms with Crippen molar-refractivity contribution < 1.29 is 13.2 Å². The molecule has 3 rings (SSSR count). The van der Waals surface area contributed by atoms with E-state index in [-0.39, 0.29) is 12.5 Å². The molecule has 2 aromatic rings. The third-order valence-electron chi connectivity index (χ3n) is 5.32. The summed E-state index contributed by atoms with van der Waals surface area (Å²) in [6.45, 7) is 6.63. The summed E-state index contributed by atoms with van der Waals surface area (Å²) in [5, 5.41) is 2.86. The molecule has 0 unspecified atom stereocenters. The Bertz CT molecular complexity index is 942. The van der Waals surface area contributed by atoms with Crippen molar-refractivity contribution in [2.24, 2.45) is 0 Å². The predicted molar refractivity (Wildman–Crippen MR) is 121 cm³/mol. The van der Waals surface area contributed by atoms with Gasteiger partial charge in [0.15, 0.2) is 0 Å². The van der Waals surface area contributed by atoms with Gasteiger partial charge in [-0.15, -0.1) is 0 Å². The van der Waals surface area contributed by atoms with Gasteiger partial charge < -0.3 is 10.2 Å². The fourth-order valence-electron chi connectivity index (χ4n) is 3.63. The lowest BCUT2D eigenvalue weighted by Crippen LogP contribution is -2.49. The third kappa shape index (κ3) is 5.96. The highest BCUT2D eigenvalue weighted by molar-refractivity contribution is 7.92. The number of hydrogen-bond donors (Lipinski definition) is 1. The van der Waals surface area contributed by atoms with Crippen LogP contribution in [0.4, 0.5) is 11.4 Å². The maximum Gasteiger partial charge on any atom is 0.240 e. The molecule has 0 aromatic heterocycles. The number of hydrogen-bond acceptors (Lipinski definition) is 5. The number of aryl methyl sites for hydroxylation is 1. The molecule has 1 saturated heterocycles. The van der Waals surface area contributed by atoms with Crippen LogP contribution in [0.15, 0.2) is 54.6 Å². The zero-order valence-electron chi connectivity index (χ0n) is 17.6. The van der Waals surface area contributed by atoms with E-state index in [1.165, 1.54) is 5.69 Å². The minimum Gasteiger partial charge on any atom is -0.369 e. The summed E-state index contributed by atoms with van der Waals surface area (Å²) >= 11 is 0. The van der Waals surface area contributed by atoms with Crippen molar-refractivity contribution in [1.29, 1.82) is 0 Å². The number of piperazine rings is 1. The maximum absolute atomic E-state index is 12.4. The molecule has 1 aliphatic heterocycles. The van der Waals surface area contributed by atoms with Crippen LogP contribution in [0.25, 0.3) is 0 Å². The molecule has 0 spiro atoms. The highest BCUT2D eigenvalue weighted by atomic mass is 32.2. The SMILES string of the molecule is Cc1ccccc1N(CC(=O)NCCN1CCN(c2ccccc2)CC1)S(C)(=O)=O. The van der Waals surface area contributed by atoms with Gasteiger partial charge in [-0.05, 0) is 30.7 Å². The summed E-state index contributed by atoms with van der Waals surface area (Å²) in [5.74, 6) is -0.299. The van der Waals surface area contributed by atoms with Gasteiger partial charge in [0.25, 0.3) is 0 Å². The molecule has 0 aliphatic carbocycles. The van der Waals surface area contributed by atoms with E-state index in [4.69, 9.17) is 0 Å². The van der Waals surface area contributed by atoms with Crippen LogP contribution in [-0.4, -0.2) is 71.3 Å². The minimum absolute atomic E-state index is 0.217. The van der Waals surface area contributed by atoms with E-state index in [2.05, 4.69) is 27.2 Å². The van der Waals surface area contributed by atoms with E-state index in [1.807, 2.05) is 37.3 Å². The summed E-state index contributed by atoms with van der Waals surface area (Å²) in [7, 11) is -3.56. The molecule has 1 aliphatic rings. The van der Waals surface area contributed by atoms with Gasteiger partial charge in [0, 0.05) is 45.0 Å². The zero-order chi connectivity index (χ0) is 21.6. The lowest BCUT2D eigenvalue weighted by atomic mass is 10.2. The molecule has 1 fully saturated rings. The fraction of sp³-hybridized carbons (Fsp3) is 0.409. The first kappa shape index (κ1) is 22.1. The number of amides is 1. The van der Waals surface area contributed by atoms with Gasteiger partial charge in [0.1, 0.15) is 6.54 Å². The van der Waals surface area contributed by atoms with Crippen molar-refractivity contribution >= 4 is 27.3 Å². The number of sulfonamides is 1. The van der Waals surface area contributed by atoms with Crippen LogP contribution in [0, 0.1) is 6.92 Å². The van der Waals surface area contributed by atoms with Crippen molar-refractivity contribution in [1.82, 2.24) is 10.2 Å². The van der Waals surface area contributed by atoms with Crippen molar-refractivity contribution in [2.45, 2.75) is 6.92 Å². The maximum atomic E-state index is 12.4. The van der Waals surface area contributed by atoms with Crippen LogP contribution in [0.5, 0.6) is 0 Å². The molecular weight excluding hydrogens is 400 g/mol. The van der Waals surface area contributed by atoms with Crippen LogP contribution < -0.4 is 14.5 Å². The lowest BCUT2D eigenvalue weighted by Gasteiger charge is -2.36. The van der Waals surface area contributed by atoms with Gasteiger partial charge in [-0.2, -0.15) is 0 Å². The Balaban J connectivity index is 1.46. The number of rotatable bonds is 8. The Morgan fingerprint density at radius 1 is 1.00 bits per heavy atom. The number of anilines is 2. The summed E-state index contributed by atoms with van der Waals surface area (Å²) in [6.07, 6.45) is 1.12. The van der Waals surface area contributed by atoms with Gasteiger partial charge in [-0.1, -0.05) is 36.4 Å². The Hall–Kier alpha value is -2.58. The Kier molecular flexibility index (Phi) is 7.33. The van der Waals surface area contributed by atoms with E-state index < -0.39 is 10.0 Å². The largest absolute Gasteiger partial charge is 0.369 e. The smallest absolute Gasteiger partial charge is 0.240 e. The first-order valence-electron chi connectivity index (χ1n) is 10.2. The van der Waals surface area contributed by atoms with E-state index in [0.717, 1.165) is 48.8 Å². The molecule has 162 valence electrons. The summed E-state index contributed by atoms with van der Waals surface area (Å²) in [4.78, 5) is 17.1. The summed E-state index contributed by atoms with van der Waals surface area (Å²) in [5.41, 5.74) is 2.58. The lowest BCUT2D eigenvalue weighted by molar-refractivity contribution is -0.119. The van der Waals surface area contributed by atoms with Crippen molar-refractivity contribution in [3.63, 3.8) is 0 Å². The van der Waals surface area contributed by atoms with Gasteiger partial charge in [0.05, 0.1) is 11.9 Å². The first-order chi connectivity index (χ1) is 14.3. The monoisotopic (exact) mass is 430 g/mol. The summed E-state index contributed by atoms with van der Waals surface area (Å²) in [6, 6.07) is 17.5. The Labute approximate surface area is 179 Å². The van der Waals surface area contributed by atoms with Crippen LogP contribution in [0.1, 0.15) is 5.56 Å². The molecule has 0 radical (unpaired) electrons. The van der Waals surface area contributed by atoms with Crippen LogP contribution in [0.2, 0.25) is 0 Å². The number of para-hydroxylation sites is 2. The average Bonchev–Trinajstić information content (AvgIpc) is 2.73. The third-order valence-corrected chi connectivity index (χ3v) is 6.44. The Morgan fingerprint density at radius 3 is 2.27 bits per heavy atom. The van der Waals surface area contributed by atoms with Gasteiger partial charge >= 0.3 is 0 Å².